The Balaban J connectivity index is 1.91. The van der Waals surface area contributed by atoms with Gasteiger partial charge in [0.2, 0.25) is 10.0 Å². The Labute approximate surface area is 264 Å². The summed E-state index contributed by atoms with van der Waals surface area (Å²) in [6, 6.07) is 22.9. The molecule has 3 rings (SSSR count). The van der Waals surface area contributed by atoms with Gasteiger partial charge in [0.1, 0.15) is 12.4 Å². The van der Waals surface area contributed by atoms with Crippen LogP contribution in [-0.2, 0) is 38.7 Å². The minimum Gasteiger partial charge on any atom is -0.487 e. The number of aliphatic carboxylic acids is 1. The molecule has 8 nitrogen and oxygen atoms in total. The first kappa shape index (κ1) is 35.3. The Morgan fingerprint density at radius 3 is 2.16 bits per heavy atom. The lowest BCUT2D eigenvalue weighted by Gasteiger charge is -2.40. The number of ether oxygens (including phenoxy) is 1. The van der Waals surface area contributed by atoms with Crippen LogP contribution >= 0.6 is 0 Å². The number of carbonyl (C=O) groups is 1. The zero-order valence-electron chi connectivity index (χ0n) is 27.2. The normalized spacial score (nSPS) is 13.4. The van der Waals surface area contributed by atoms with Gasteiger partial charge in [-0.1, -0.05) is 81.4 Å². The summed E-state index contributed by atoms with van der Waals surface area (Å²) < 4.78 is 40.3. The second-order valence-corrected chi connectivity index (χ2v) is 20.1. The average Bonchev–Trinajstić information content (AvgIpc) is 2.89. The van der Waals surface area contributed by atoms with E-state index in [1.807, 2.05) is 66.7 Å². The first-order chi connectivity index (χ1) is 20.3. The van der Waals surface area contributed by atoms with Gasteiger partial charge in [0.15, 0.2) is 8.32 Å². The highest BCUT2D eigenvalue weighted by molar-refractivity contribution is 7.92. The first-order valence-corrected chi connectivity index (χ1v) is 19.6. The maximum Gasteiger partial charge on any atom is 0.307 e. The maximum absolute atomic E-state index is 12.3. The molecule has 3 aromatic rings. The molecule has 0 fully saturated rings. The standard InChI is InChI=1S/C34H48N2O6SSi/c1-33(2,3)44(7,8)42-31(23-35-34(4,5)22-27-16-12-15-26(19-27)20-32(37)38)28-17-18-30(29(21-28)36-43(6,39)40)41-24-25-13-10-9-11-14-25/h9-19,21,31,35-36H,20,22-24H2,1-8H3,(H,37,38)/t31-/m0/s1. The average molecular weight is 641 g/mol. The van der Waals surface area contributed by atoms with Crippen molar-refractivity contribution < 1.29 is 27.5 Å². The SMILES string of the molecule is CC(C)(Cc1cccc(CC(=O)O)c1)NC[C@H](O[Si](C)(C)C(C)(C)C)c1ccc(OCc2ccccc2)c(NS(C)(=O)=O)c1. The van der Waals surface area contributed by atoms with Gasteiger partial charge < -0.3 is 19.6 Å². The van der Waals surface area contributed by atoms with Crippen LogP contribution in [0.25, 0.3) is 0 Å². The number of hydrogen-bond donors (Lipinski definition) is 3. The molecule has 0 saturated heterocycles. The summed E-state index contributed by atoms with van der Waals surface area (Å²) >= 11 is 0. The van der Waals surface area contributed by atoms with Crippen molar-refractivity contribution in [1.82, 2.24) is 5.32 Å². The van der Waals surface area contributed by atoms with Gasteiger partial charge in [0.05, 0.1) is 24.5 Å². The molecule has 0 amide bonds. The van der Waals surface area contributed by atoms with E-state index in [0.29, 0.717) is 31.0 Å². The molecule has 3 aromatic carbocycles. The molecule has 0 heterocycles. The summed E-state index contributed by atoms with van der Waals surface area (Å²) in [5, 5.41) is 12.8. The molecule has 0 saturated carbocycles. The van der Waals surface area contributed by atoms with E-state index in [2.05, 4.69) is 57.8 Å². The van der Waals surface area contributed by atoms with Gasteiger partial charge in [-0.3, -0.25) is 9.52 Å². The van der Waals surface area contributed by atoms with Crippen LogP contribution in [0.2, 0.25) is 18.1 Å². The molecule has 0 aliphatic heterocycles. The van der Waals surface area contributed by atoms with E-state index in [0.717, 1.165) is 28.5 Å². The third-order valence-corrected chi connectivity index (χ3v) is 13.0. The fraction of sp³-hybridized carbons (Fsp3) is 0.441. The van der Waals surface area contributed by atoms with Crippen molar-refractivity contribution in [2.24, 2.45) is 0 Å². The van der Waals surface area contributed by atoms with Gasteiger partial charge in [-0.15, -0.1) is 0 Å². The Morgan fingerprint density at radius 1 is 0.909 bits per heavy atom. The van der Waals surface area contributed by atoms with Crippen LogP contribution < -0.4 is 14.8 Å². The minimum absolute atomic E-state index is 0.0148. The maximum atomic E-state index is 12.3. The largest absolute Gasteiger partial charge is 0.487 e. The molecule has 0 aromatic heterocycles. The number of rotatable bonds is 15. The molecule has 0 radical (unpaired) electrons. The second-order valence-electron chi connectivity index (χ2n) is 13.6. The number of carboxylic acids is 1. The Kier molecular flexibility index (Phi) is 11.5. The van der Waals surface area contributed by atoms with Crippen molar-refractivity contribution >= 4 is 30.0 Å². The molecule has 0 unspecified atom stereocenters. The van der Waals surface area contributed by atoms with Crippen LogP contribution in [0.15, 0.2) is 72.8 Å². The lowest BCUT2D eigenvalue weighted by molar-refractivity contribution is -0.136. The van der Waals surface area contributed by atoms with Gasteiger partial charge in [0.25, 0.3) is 0 Å². The van der Waals surface area contributed by atoms with Crippen molar-refractivity contribution in [3.63, 3.8) is 0 Å². The van der Waals surface area contributed by atoms with Crippen LogP contribution in [-0.4, -0.2) is 46.2 Å². The number of benzene rings is 3. The molecule has 0 bridgehead atoms. The summed E-state index contributed by atoms with van der Waals surface area (Å²) in [6.07, 6.45) is 1.43. The van der Waals surface area contributed by atoms with E-state index in [9.17, 15) is 18.3 Å². The van der Waals surface area contributed by atoms with E-state index in [1.54, 1.807) is 6.07 Å². The topological polar surface area (TPSA) is 114 Å². The highest BCUT2D eigenvalue weighted by Gasteiger charge is 2.40. The Morgan fingerprint density at radius 2 is 1.55 bits per heavy atom. The Hall–Kier alpha value is -3.18. The van der Waals surface area contributed by atoms with Crippen molar-refractivity contribution in [3.05, 3.63) is 95.1 Å². The van der Waals surface area contributed by atoms with Gasteiger partial charge in [0, 0.05) is 12.1 Å². The number of nitrogens with one attached hydrogen (secondary N) is 2. The molecule has 10 heteroatoms. The lowest BCUT2D eigenvalue weighted by Crippen LogP contribution is -2.47. The molecule has 3 N–H and O–H groups in total. The van der Waals surface area contributed by atoms with Crippen LogP contribution in [0.4, 0.5) is 5.69 Å². The number of hydrogen-bond acceptors (Lipinski definition) is 6. The lowest BCUT2D eigenvalue weighted by atomic mass is 9.93. The highest BCUT2D eigenvalue weighted by atomic mass is 32.2. The quantitative estimate of drug-likeness (QED) is 0.154. The van der Waals surface area contributed by atoms with Gasteiger partial charge in [-0.05, 0) is 72.8 Å². The zero-order chi connectivity index (χ0) is 32.8. The monoisotopic (exact) mass is 640 g/mol. The van der Waals surface area contributed by atoms with E-state index in [1.165, 1.54) is 0 Å². The molecular formula is C34H48N2O6SSi. The van der Waals surface area contributed by atoms with Crippen LogP contribution in [0.5, 0.6) is 5.75 Å². The van der Waals surface area contributed by atoms with Gasteiger partial charge >= 0.3 is 5.97 Å². The summed E-state index contributed by atoms with van der Waals surface area (Å²) in [5.41, 5.74) is 3.64. The molecule has 0 aliphatic carbocycles. The van der Waals surface area contributed by atoms with E-state index < -0.39 is 24.3 Å². The van der Waals surface area contributed by atoms with Crippen LogP contribution in [0.1, 0.15) is 63.0 Å². The number of sulfonamides is 1. The minimum atomic E-state index is -3.58. The van der Waals surface area contributed by atoms with Gasteiger partial charge in [-0.2, -0.15) is 0 Å². The highest BCUT2D eigenvalue weighted by Crippen LogP contribution is 2.41. The van der Waals surface area contributed by atoms with Crippen LogP contribution in [0, 0.1) is 0 Å². The summed E-state index contributed by atoms with van der Waals surface area (Å²) in [5.74, 6) is -0.421. The van der Waals surface area contributed by atoms with E-state index >= 15 is 0 Å². The third-order valence-electron chi connectivity index (χ3n) is 7.91. The second kappa shape index (κ2) is 14.3. The van der Waals surface area contributed by atoms with Crippen molar-refractivity contribution in [1.29, 1.82) is 0 Å². The third kappa shape index (κ3) is 11.1. The number of carboxylic acid groups (broad SMARTS) is 1. The predicted octanol–water partition coefficient (Wildman–Crippen LogP) is 6.94. The summed E-state index contributed by atoms with van der Waals surface area (Å²) in [7, 11) is -5.83. The Bertz CT molecular complexity index is 1520. The zero-order valence-corrected chi connectivity index (χ0v) is 29.0. The van der Waals surface area contributed by atoms with E-state index in [4.69, 9.17) is 9.16 Å². The van der Waals surface area contributed by atoms with Crippen LogP contribution in [0.3, 0.4) is 0 Å². The van der Waals surface area contributed by atoms with Crippen molar-refractivity contribution in [3.8, 4) is 5.75 Å². The van der Waals surface area contributed by atoms with Crippen molar-refractivity contribution in [2.45, 2.75) is 83.8 Å². The van der Waals surface area contributed by atoms with Gasteiger partial charge in [-0.25, -0.2) is 8.42 Å². The fourth-order valence-corrected chi connectivity index (χ4v) is 6.46. The number of anilines is 1. The fourth-order valence-electron chi connectivity index (χ4n) is 4.61. The molecule has 0 aliphatic rings. The molecule has 1 atom stereocenters. The molecule has 0 spiro atoms. The van der Waals surface area contributed by atoms with E-state index in [-0.39, 0.29) is 23.1 Å². The predicted molar refractivity (Wildman–Crippen MR) is 180 cm³/mol. The molecule has 240 valence electrons. The summed E-state index contributed by atoms with van der Waals surface area (Å²) in [4.78, 5) is 11.2. The summed E-state index contributed by atoms with van der Waals surface area (Å²) in [6.45, 7) is 16.0. The first-order valence-electron chi connectivity index (χ1n) is 14.8. The smallest absolute Gasteiger partial charge is 0.307 e. The molecule has 44 heavy (non-hydrogen) atoms. The molecular weight excluding hydrogens is 593 g/mol. The van der Waals surface area contributed by atoms with Crippen molar-refractivity contribution in [2.75, 3.05) is 17.5 Å².